The van der Waals surface area contributed by atoms with Crippen LogP contribution in [0.5, 0.6) is 0 Å². The van der Waals surface area contributed by atoms with Gasteiger partial charge in [0.2, 0.25) is 5.91 Å². The summed E-state index contributed by atoms with van der Waals surface area (Å²) in [4.78, 5) is 33.4. The van der Waals surface area contributed by atoms with Crippen LogP contribution in [0, 0.1) is 0 Å². The Kier molecular flexibility index (Phi) is 8.59. The molecule has 35 heavy (non-hydrogen) atoms. The lowest BCUT2D eigenvalue weighted by Gasteiger charge is -2.36. The molecular formula is C25H38N6O4. The number of amides is 3. The fourth-order valence-electron chi connectivity index (χ4n) is 5.35. The SMILES string of the molecule is COCCCn1c([C@@H]2CCCN(C(=O)C[C@@H](N)CC3COCCN3C(N)=O)C2)nc2ccccc21. The first-order valence-corrected chi connectivity index (χ1v) is 12.6. The van der Waals surface area contributed by atoms with Gasteiger partial charge in [0.25, 0.3) is 0 Å². The number of carbonyl (C=O) groups excluding carboxylic acids is 2. The van der Waals surface area contributed by atoms with Crippen LogP contribution in [-0.2, 0) is 20.8 Å². The largest absolute Gasteiger partial charge is 0.385 e. The topological polar surface area (TPSA) is 129 Å². The van der Waals surface area contributed by atoms with Crippen LogP contribution in [-0.4, -0.2) is 89.9 Å². The van der Waals surface area contributed by atoms with Gasteiger partial charge in [0, 0.05) is 58.3 Å². The molecule has 2 fully saturated rings. The van der Waals surface area contributed by atoms with E-state index in [-0.39, 0.29) is 30.3 Å². The average Bonchev–Trinajstić information content (AvgIpc) is 3.23. The molecule has 4 N–H and O–H groups in total. The minimum atomic E-state index is -0.468. The predicted octanol–water partition coefficient (Wildman–Crippen LogP) is 1.67. The van der Waals surface area contributed by atoms with Crippen molar-refractivity contribution in [1.29, 1.82) is 0 Å². The van der Waals surface area contributed by atoms with Gasteiger partial charge in [-0.1, -0.05) is 12.1 Å². The van der Waals surface area contributed by atoms with Crippen LogP contribution >= 0.6 is 0 Å². The Labute approximate surface area is 206 Å². The van der Waals surface area contributed by atoms with Gasteiger partial charge in [0.15, 0.2) is 0 Å². The fraction of sp³-hybridized carbons (Fsp3) is 0.640. The molecule has 4 rings (SSSR count). The Bertz CT molecular complexity index is 1010. The van der Waals surface area contributed by atoms with E-state index in [0.717, 1.165) is 49.2 Å². The number of primary amides is 1. The standard InChI is InChI=1S/C25H38N6O4/c1-34-12-5-10-31-22-8-3-2-7-21(22)28-24(31)18-6-4-9-29(16-18)23(32)15-19(26)14-20-17-35-13-11-30(20)25(27)33/h2-3,7-8,18-20H,4-6,9-17,26H2,1H3,(H2,27,33)/t18-,19+,20?/m1/s1. The van der Waals surface area contributed by atoms with Gasteiger partial charge in [-0.2, -0.15) is 0 Å². The number of urea groups is 1. The molecule has 1 aromatic carbocycles. The molecule has 10 nitrogen and oxygen atoms in total. The van der Waals surface area contributed by atoms with E-state index in [1.165, 1.54) is 0 Å². The quantitative estimate of drug-likeness (QED) is 0.519. The van der Waals surface area contributed by atoms with Gasteiger partial charge >= 0.3 is 6.03 Å². The van der Waals surface area contributed by atoms with E-state index < -0.39 is 6.03 Å². The number of methoxy groups -OCH3 is 1. The Morgan fingerprint density at radius 1 is 1.29 bits per heavy atom. The second-order valence-electron chi connectivity index (χ2n) is 9.60. The molecule has 0 spiro atoms. The number of benzene rings is 1. The lowest BCUT2D eigenvalue weighted by molar-refractivity contribution is -0.133. The summed E-state index contributed by atoms with van der Waals surface area (Å²) in [5, 5.41) is 0. The first-order valence-electron chi connectivity index (χ1n) is 12.6. The first kappa shape index (κ1) is 25.4. The minimum absolute atomic E-state index is 0.0478. The highest BCUT2D eigenvalue weighted by atomic mass is 16.5. The number of piperidine rings is 1. The summed E-state index contributed by atoms with van der Waals surface area (Å²) >= 11 is 0. The van der Waals surface area contributed by atoms with Crippen LogP contribution in [0.4, 0.5) is 4.79 Å². The third-order valence-corrected chi connectivity index (χ3v) is 7.08. The first-order chi connectivity index (χ1) is 17.0. The van der Waals surface area contributed by atoms with Crippen molar-refractivity contribution in [3.63, 3.8) is 0 Å². The molecule has 2 aliphatic rings. The van der Waals surface area contributed by atoms with E-state index in [1.54, 1.807) is 12.0 Å². The van der Waals surface area contributed by atoms with Crippen molar-refractivity contribution in [1.82, 2.24) is 19.4 Å². The van der Waals surface area contributed by atoms with Gasteiger partial charge < -0.3 is 35.3 Å². The van der Waals surface area contributed by atoms with E-state index >= 15 is 0 Å². The fourth-order valence-corrected chi connectivity index (χ4v) is 5.35. The molecule has 3 heterocycles. The summed E-state index contributed by atoms with van der Waals surface area (Å²) in [5.41, 5.74) is 14.0. The molecule has 0 radical (unpaired) electrons. The second-order valence-corrected chi connectivity index (χ2v) is 9.60. The maximum atomic E-state index is 13.2. The van der Waals surface area contributed by atoms with Crippen molar-refractivity contribution in [2.75, 3.05) is 46.6 Å². The van der Waals surface area contributed by atoms with E-state index in [4.69, 9.17) is 25.9 Å². The number of hydrogen-bond donors (Lipinski definition) is 2. The Balaban J connectivity index is 1.40. The lowest BCUT2D eigenvalue weighted by Crippen LogP contribution is -2.53. The number of para-hydroxylation sites is 2. The van der Waals surface area contributed by atoms with Crippen LogP contribution < -0.4 is 11.5 Å². The highest BCUT2D eigenvalue weighted by molar-refractivity contribution is 5.78. The van der Waals surface area contributed by atoms with Crippen molar-refractivity contribution < 1.29 is 19.1 Å². The number of rotatable bonds is 9. The molecule has 10 heteroatoms. The molecule has 1 aromatic heterocycles. The van der Waals surface area contributed by atoms with Crippen molar-refractivity contribution in [2.24, 2.45) is 11.5 Å². The Morgan fingerprint density at radius 2 is 2.11 bits per heavy atom. The number of fused-ring (bicyclic) bond motifs is 1. The summed E-state index contributed by atoms with van der Waals surface area (Å²) in [6.07, 6.45) is 3.55. The number of likely N-dealkylation sites (tertiary alicyclic amines) is 1. The number of nitrogens with two attached hydrogens (primary N) is 2. The number of morpholine rings is 1. The van der Waals surface area contributed by atoms with E-state index in [1.807, 2.05) is 23.1 Å². The van der Waals surface area contributed by atoms with Crippen molar-refractivity contribution in [2.45, 2.75) is 56.7 Å². The van der Waals surface area contributed by atoms with Crippen LogP contribution in [0.3, 0.4) is 0 Å². The number of nitrogens with zero attached hydrogens (tertiary/aromatic N) is 4. The highest BCUT2D eigenvalue weighted by Crippen LogP contribution is 2.30. The molecule has 0 bridgehead atoms. The van der Waals surface area contributed by atoms with E-state index in [9.17, 15) is 9.59 Å². The molecule has 3 atom stereocenters. The van der Waals surface area contributed by atoms with Crippen molar-refractivity contribution in [3.8, 4) is 0 Å². The Morgan fingerprint density at radius 3 is 2.91 bits per heavy atom. The number of aryl methyl sites for hydroxylation is 1. The van der Waals surface area contributed by atoms with Gasteiger partial charge in [0.05, 0.1) is 30.3 Å². The maximum Gasteiger partial charge on any atom is 0.315 e. The van der Waals surface area contributed by atoms with Crippen LogP contribution in [0.2, 0.25) is 0 Å². The minimum Gasteiger partial charge on any atom is -0.385 e. The number of carbonyl (C=O) groups is 2. The smallest absolute Gasteiger partial charge is 0.315 e. The summed E-state index contributed by atoms with van der Waals surface area (Å²) in [5.74, 6) is 1.27. The normalized spacial score (nSPS) is 21.9. The number of imidazole rings is 1. The molecule has 0 aliphatic carbocycles. The van der Waals surface area contributed by atoms with Crippen LogP contribution in [0.15, 0.2) is 24.3 Å². The highest BCUT2D eigenvalue weighted by Gasteiger charge is 2.31. The third-order valence-electron chi connectivity index (χ3n) is 7.08. The number of ether oxygens (including phenoxy) is 2. The molecular weight excluding hydrogens is 448 g/mol. The van der Waals surface area contributed by atoms with E-state index in [0.29, 0.717) is 39.3 Å². The molecule has 2 saturated heterocycles. The maximum absolute atomic E-state index is 13.2. The second kappa shape index (κ2) is 11.8. The lowest BCUT2D eigenvalue weighted by atomic mass is 9.95. The van der Waals surface area contributed by atoms with Gasteiger partial charge in [-0.3, -0.25) is 4.79 Å². The van der Waals surface area contributed by atoms with Crippen molar-refractivity contribution in [3.05, 3.63) is 30.1 Å². The van der Waals surface area contributed by atoms with Crippen molar-refractivity contribution >= 4 is 23.0 Å². The summed E-state index contributed by atoms with van der Waals surface area (Å²) in [7, 11) is 1.72. The molecule has 2 aromatic rings. The third kappa shape index (κ3) is 6.12. The predicted molar refractivity (Wildman–Crippen MR) is 133 cm³/mol. The summed E-state index contributed by atoms with van der Waals surface area (Å²) < 4.78 is 13.1. The number of hydrogen-bond acceptors (Lipinski definition) is 6. The summed E-state index contributed by atoms with van der Waals surface area (Å²) in [6.45, 7) is 4.22. The molecule has 3 amide bonds. The number of aromatic nitrogens is 2. The van der Waals surface area contributed by atoms with Crippen LogP contribution in [0.1, 0.15) is 43.8 Å². The Hall–Kier alpha value is -2.69. The molecule has 2 aliphatic heterocycles. The van der Waals surface area contributed by atoms with Gasteiger partial charge in [-0.15, -0.1) is 0 Å². The average molecular weight is 487 g/mol. The zero-order chi connectivity index (χ0) is 24.8. The van der Waals surface area contributed by atoms with E-state index in [2.05, 4.69) is 10.6 Å². The molecule has 192 valence electrons. The zero-order valence-electron chi connectivity index (χ0n) is 20.6. The van der Waals surface area contributed by atoms with Gasteiger partial charge in [0.1, 0.15) is 5.82 Å². The summed E-state index contributed by atoms with van der Waals surface area (Å²) in [6, 6.07) is 7.17. The van der Waals surface area contributed by atoms with Gasteiger partial charge in [-0.05, 0) is 37.8 Å². The van der Waals surface area contributed by atoms with Crippen LogP contribution in [0.25, 0.3) is 11.0 Å². The molecule has 0 saturated carbocycles. The van der Waals surface area contributed by atoms with Gasteiger partial charge in [-0.25, -0.2) is 9.78 Å². The molecule has 1 unspecified atom stereocenters. The monoisotopic (exact) mass is 486 g/mol. The zero-order valence-corrected chi connectivity index (χ0v) is 20.6.